The van der Waals surface area contributed by atoms with E-state index in [-0.39, 0.29) is 44.2 Å². The number of halogens is 3. The summed E-state index contributed by atoms with van der Waals surface area (Å²) >= 11 is 0. The number of hydrogen-bond acceptors (Lipinski definition) is 20. The van der Waals surface area contributed by atoms with Crippen molar-refractivity contribution >= 4 is 113 Å². The molecule has 0 bridgehead atoms. The Hall–Kier alpha value is -11.9. The van der Waals surface area contributed by atoms with E-state index >= 15 is 0 Å². The van der Waals surface area contributed by atoms with Gasteiger partial charge < -0.3 is 105 Å². The molecule has 0 heterocycles. The minimum atomic E-state index is -4.66. The Morgan fingerprint density at radius 2 is 0.883 bits per heavy atom. The maximum Gasteiger partial charge on any atom is 0.416 e. The second-order valence-corrected chi connectivity index (χ2v) is 26.2. The smallest absolute Gasteiger partial charge is 0.416 e. The average molecular weight is 1580 g/mol. The molecule has 2 aromatic rings. The molecule has 42 heteroatoms. The van der Waals surface area contributed by atoms with Gasteiger partial charge in [-0.2, -0.15) is 13.2 Å². The van der Waals surface area contributed by atoms with Crippen molar-refractivity contribution in [3.8, 4) is 0 Å². The molecular weight excluding hydrogens is 1480 g/mol. The second kappa shape index (κ2) is 47.1. The Balaban J connectivity index is 2.38. The van der Waals surface area contributed by atoms with Crippen molar-refractivity contribution in [2.45, 2.75) is 217 Å². The summed E-state index contributed by atoms with van der Waals surface area (Å²) in [5.41, 5.74) is 4.64. The first-order chi connectivity index (χ1) is 51.8. The number of carboxylic acid groups (broad SMARTS) is 5. The number of carbonyl (C=O) groups excluding carboxylic acids is 14. The third kappa shape index (κ3) is 35.8. The van der Waals surface area contributed by atoms with Crippen LogP contribution in [-0.2, 0) is 98.9 Å². The molecule has 13 atom stereocenters. The van der Waals surface area contributed by atoms with Gasteiger partial charge in [-0.05, 0) is 100 Å². The summed E-state index contributed by atoms with van der Waals surface area (Å²) in [5, 5.41) is 88.1. The third-order valence-corrected chi connectivity index (χ3v) is 16.7. The first kappa shape index (κ1) is 95.2. The van der Waals surface area contributed by atoms with Gasteiger partial charge in [0.15, 0.2) is 0 Å². The van der Waals surface area contributed by atoms with Gasteiger partial charge in [-0.15, -0.1) is 0 Å². The van der Waals surface area contributed by atoms with Gasteiger partial charge in [0.05, 0.1) is 24.6 Å². The van der Waals surface area contributed by atoms with Crippen LogP contribution in [0.1, 0.15) is 153 Å². The number of benzene rings is 2. The molecule has 111 heavy (non-hydrogen) atoms. The van der Waals surface area contributed by atoms with Crippen LogP contribution in [0, 0.1) is 11.8 Å². The lowest BCUT2D eigenvalue weighted by Crippen LogP contribution is -2.61. The first-order valence-corrected chi connectivity index (χ1v) is 35.0. The summed E-state index contributed by atoms with van der Waals surface area (Å²) in [6.45, 7) is 8.11. The van der Waals surface area contributed by atoms with E-state index in [0.717, 1.165) is 32.9 Å². The average Bonchev–Trinajstić information content (AvgIpc) is 0.859. The number of primary amides is 1. The van der Waals surface area contributed by atoms with Crippen LogP contribution in [0.4, 0.5) is 13.2 Å². The van der Waals surface area contributed by atoms with Gasteiger partial charge in [-0.1, -0.05) is 64.4 Å². The maximum absolute atomic E-state index is 14.4. The van der Waals surface area contributed by atoms with Crippen LogP contribution in [0.5, 0.6) is 0 Å². The molecule has 0 saturated carbocycles. The number of aliphatic hydroxyl groups is 1. The zero-order valence-electron chi connectivity index (χ0n) is 61.7. The molecule has 614 valence electrons. The number of alkyl halides is 3. The van der Waals surface area contributed by atoms with Crippen LogP contribution in [0.15, 0.2) is 54.6 Å². The normalized spacial score (nSPS) is 14.6. The van der Waals surface area contributed by atoms with Crippen LogP contribution >= 0.6 is 0 Å². The highest BCUT2D eigenvalue weighted by Crippen LogP contribution is 2.29. The minimum Gasteiger partial charge on any atom is -0.481 e. The van der Waals surface area contributed by atoms with Crippen molar-refractivity contribution in [2.24, 2.45) is 17.6 Å². The Kier molecular flexibility index (Phi) is 40.4. The number of carboxylic acids is 5. The fourth-order valence-corrected chi connectivity index (χ4v) is 10.4. The highest BCUT2D eigenvalue weighted by atomic mass is 19.4. The SMILES string of the molecule is CC[C@H](C)[C@H](NC(=O)[C@@H](NC(=O)[C@H](C)NC(=O)[C@H](CCCCNC(=O)c1ccc(C(F)(F)F)cc1)NC(=O)[C@H](CC(=O)O)NC(C)=O)[C@@H](C)O)C(=O)NCC(=O)N[C@@H](Cc1ccccc1)C(=O)N[C@@H](CCC(=O)O)C(=O)N[C@H](C(=O)N[C@@H](CCC(N)=O)C(=O)N[C@@H](CCC(=O)O)C(=O)N[C@@H](CCC(=O)O)C(=O)O)C(C)C. The van der Waals surface area contributed by atoms with Crippen molar-refractivity contribution in [3.05, 3.63) is 71.3 Å². The Morgan fingerprint density at radius 1 is 0.441 bits per heavy atom. The van der Waals surface area contributed by atoms with E-state index in [0.29, 0.717) is 17.7 Å². The van der Waals surface area contributed by atoms with E-state index in [1.807, 2.05) is 5.32 Å². The zero-order chi connectivity index (χ0) is 84.2. The van der Waals surface area contributed by atoms with Crippen molar-refractivity contribution in [1.82, 2.24) is 69.1 Å². The molecule has 14 amide bonds. The Labute approximate surface area is 633 Å². The van der Waals surface area contributed by atoms with Crippen LogP contribution in [0.25, 0.3) is 0 Å². The van der Waals surface area contributed by atoms with Gasteiger partial charge in [0.2, 0.25) is 76.8 Å². The predicted octanol–water partition coefficient (Wildman–Crippen LogP) is -3.16. The lowest BCUT2D eigenvalue weighted by atomic mass is 9.97. The fourth-order valence-electron chi connectivity index (χ4n) is 10.4. The number of rotatable bonds is 50. The van der Waals surface area contributed by atoms with E-state index in [1.165, 1.54) is 20.8 Å². The standard InChI is InChI=1S/C69H97F3N14O25/c1-8-34(4)55(85-67(109)56(36(6)87)86-57(99)35(5)76-59(101)41(79-64(106)47(31-53(97)98)77-37(7)88)16-12-13-29-74-58(100)39-17-19-40(20-18-39)69(70,71)72)65(107)75-32-49(90)78-46(30-38-14-10-9-11-15-38)63(105)81-44(23-27-51(93)94)62(104)84-54(33(2)3)66(108)82-42(21-25-48(73)89)60(102)80-43(22-26-50(91)92)61(103)83-45(68(110)111)24-28-52(95)96/h9-11,14-15,17-20,33-36,41-47,54-56,87H,8,12-13,16,21-32H2,1-7H3,(H2,73,89)(H,74,100)(H,75,107)(H,76,101)(H,77,88)(H,78,90)(H,79,106)(H,80,102)(H,81,105)(H,82,108)(H,83,103)(H,84,104)(H,85,109)(H,86,99)(H,91,92)(H,93,94)(H,95,96)(H,97,98)(H,110,111)/t34-,35-,36+,41-,42-,43-,44-,45-,46-,47-,54-,55-,56-/m0/s1. The summed E-state index contributed by atoms with van der Waals surface area (Å²) < 4.78 is 39.2. The molecule has 2 aromatic carbocycles. The molecular formula is C69H97F3N14O25. The number of carbonyl (C=O) groups is 19. The number of hydrogen-bond donors (Lipinski definition) is 20. The summed E-state index contributed by atoms with van der Waals surface area (Å²) in [5.74, 6) is -24.5. The largest absolute Gasteiger partial charge is 0.481 e. The predicted molar refractivity (Wildman–Crippen MR) is 378 cm³/mol. The van der Waals surface area contributed by atoms with Gasteiger partial charge in [0, 0.05) is 51.1 Å². The lowest BCUT2D eigenvalue weighted by molar-refractivity contribution is -0.144. The highest BCUT2D eigenvalue weighted by molar-refractivity contribution is 6.00. The first-order valence-electron chi connectivity index (χ1n) is 35.0. The van der Waals surface area contributed by atoms with Crippen LogP contribution in [0.2, 0.25) is 0 Å². The number of nitrogens with two attached hydrogens (primary N) is 1. The summed E-state index contributed by atoms with van der Waals surface area (Å²) in [6, 6.07) is -7.76. The zero-order valence-corrected chi connectivity index (χ0v) is 61.7. The molecule has 0 unspecified atom stereocenters. The molecule has 0 aliphatic carbocycles. The quantitative estimate of drug-likeness (QED) is 0.0291. The molecule has 0 aliphatic rings. The van der Waals surface area contributed by atoms with Crippen LogP contribution in [0.3, 0.4) is 0 Å². The number of unbranched alkanes of at least 4 members (excludes halogenated alkanes) is 1. The molecule has 0 aliphatic heterocycles. The van der Waals surface area contributed by atoms with Crippen LogP contribution in [-0.4, -0.2) is 229 Å². The second-order valence-electron chi connectivity index (χ2n) is 26.2. The number of nitrogens with one attached hydrogen (secondary N) is 13. The monoisotopic (exact) mass is 1580 g/mol. The molecule has 2 rings (SSSR count). The maximum atomic E-state index is 14.4. The lowest BCUT2D eigenvalue weighted by Gasteiger charge is -2.29. The van der Waals surface area contributed by atoms with Gasteiger partial charge in [-0.3, -0.25) is 86.3 Å². The summed E-state index contributed by atoms with van der Waals surface area (Å²) in [6.07, 6.45) is -13.2. The van der Waals surface area contributed by atoms with Crippen molar-refractivity contribution in [1.29, 1.82) is 0 Å². The Bertz CT molecular complexity index is 3630. The van der Waals surface area contributed by atoms with E-state index in [2.05, 4.69) is 63.8 Å². The molecule has 21 N–H and O–H groups in total. The highest BCUT2D eigenvalue weighted by Gasteiger charge is 2.39. The topological polar surface area (TPSA) is 628 Å². The molecule has 0 fully saturated rings. The van der Waals surface area contributed by atoms with E-state index < -0.39 is 273 Å². The van der Waals surface area contributed by atoms with Gasteiger partial charge in [0.25, 0.3) is 5.91 Å². The number of aliphatic carboxylic acids is 5. The van der Waals surface area contributed by atoms with E-state index in [4.69, 9.17) is 10.8 Å². The third-order valence-electron chi connectivity index (χ3n) is 16.7. The van der Waals surface area contributed by atoms with Crippen molar-refractivity contribution < 1.29 is 135 Å². The van der Waals surface area contributed by atoms with E-state index in [9.17, 15) is 130 Å². The Morgan fingerprint density at radius 3 is 1.35 bits per heavy atom. The molecule has 0 radical (unpaired) electrons. The summed E-state index contributed by atoms with van der Waals surface area (Å²) in [7, 11) is 0. The van der Waals surface area contributed by atoms with Crippen molar-refractivity contribution in [2.75, 3.05) is 13.1 Å². The van der Waals surface area contributed by atoms with Gasteiger partial charge in [0.1, 0.15) is 66.5 Å². The fraction of sp³-hybridized carbons (Fsp3) is 0.551. The van der Waals surface area contributed by atoms with Crippen LogP contribution < -0.4 is 74.9 Å². The van der Waals surface area contributed by atoms with E-state index in [1.54, 1.807) is 37.3 Å². The molecule has 0 aromatic heterocycles. The molecule has 0 saturated heterocycles. The molecule has 0 spiro atoms. The number of aliphatic hydroxyl groups excluding tert-OH is 1. The van der Waals surface area contributed by atoms with Gasteiger partial charge >= 0.3 is 36.0 Å². The van der Waals surface area contributed by atoms with Crippen molar-refractivity contribution in [3.63, 3.8) is 0 Å². The number of amides is 14. The van der Waals surface area contributed by atoms with Gasteiger partial charge in [-0.25, -0.2) is 4.79 Å². The molecule has 39 nitrogen and oxygen atoms in total. The minimum absolute atomic E-state index is 0.0127. The summed E-state index contributed by atoms with van der Waals surface area (Å²) in [4.78, 5) is 247.